The summed E-state index contributed by atoms with van der Waals surface area (Å²) in [6.07, 6.45) is 2.86. The highest BCUT2D eigenvalue weighted by molar-refractivity contribution is 5.13. The van der Waals surface area contributed by atoms with Crippen molar-refractivity contribution in [2.24, 2.45) is 5.92 Å². The van der Waals surface area contributed by atoms with E-state index < -0.39 is 0 Å². The molecule has 84 valence electrons. The van der Waals surface area contributed by atoms with Crippen LogP contribution in [0.3, 0.4) is 0 Å². The van der Waals surface area contributed by atoms with E-state index in [9.17, 15) is 0 Å². The van der Waals surface area contributed by atoms with Crippen LogP contribution in [-0.4, -0.2) is 11.6 Å². The van der Waals surface area contributed by atoms with Crippen LogP contribution in [0.25, 0.3) is 0 Å². The van der Waals surface area contributed by atoms with Crippen LogP contribution in [0, 0.1) is 5.92 Å². The maximum Gasteiger partial charge on any atom is 0.109 e. The van der Waals surface area contributed by atoms with Crippen molar-refractivity contribution in [1.29, 1.82) is 0 Å². The van der Waals surface area contributed by atoms with Gasteiger partial charge in [0.15, 0.2) is 0 Å². The lowest BCUT2D eigenvalue weighted by Gasteiger charge is -2.33. The average molecular weight is 207 g/mol. The Morgan fingerprint density at radius 1 is 1.40 bits per heavy atom. The highest BCUT2D eigenvalue weighted by Crippen LogP contribution is 2.31. The van der Waals surface area contributed by atoms with E-state index in [-0.39, 0.29) is 5.60 Å². The molecule has 0 aliphatic rings. The van der Waals surface area contributed by atoms with Gasteiger partial charge in [0.25, 0.3) is 0 Å². The Kier molecular flexibility index (Phi) is 4.28. The summed E-state index contributed by atoms with van der Waals surface area (Å²) in [7, 11) is 0. The van der Waals surface area contributed by atoms with E-state index in [1.165, 1.54) is 0 Å². The molecule has 2 nitrogen and oxygen atoms in total. The average Bonchev–Trinajstić information content (AvgIpc) is 2.27. The molecule has 0 amide bonds. The molecular weight excluding hydrogens is 186 g/mol. The lowest BCUT2D eigenvalue weighted by molar-refractivity contribution is -0.0730. The minimum atomic E-state index is -0.267. The highest BCUT2D eigenvalue weighted by Gasteiger charge is 2.32. The van der Waals surface area contributed by atoms with Gasteiger partial charge >= 0.3 is 0 Å². The summed E-state index contributed by atoms with van der Waals surface area (Å²) < 4.78 is 5.96. The van der Waals surface area contributed by atoms with Gasteiger partial charge in [-0.1, -0.05) is 26.8 Å². The molecule has 0 N–H and O–H groups in total. The SMILES string of the molecule is CCCOC(C)(c1ccccn1)C(C)C. The van der Waals surface area contributed by atoms with E-state index in [0.717, 1.165) is 18.7 Å². The molecule has 0 aliphatic heterocycles. The smallest absolute Gasteiger partial charge is 0.109 e. The van der Waals surface area contributed by atoms with Crippen LogP contribution in [-0.2, 0) is 10.3 Å². The number of pyridine rings is 1. The molecule has 1 aromatic rings. The van der Waals surface area contributed by atoms with E-state index in [1.54, 1.807) is 0 Å². The van der Waals surface area contributed by atoms with E-state index in [2.05, 4.69) is 32.7 Å². The molecule has 1 atom stereocenters. The van der Waals surface area contributed by atoms with Crippen molar-refractivity contribution in [2.45, 2.75) is 39.7 Å². The largest absolute Gasteiger partial charge is 0.369 e. The number of rotatable bonds is 5. The highest BCUT2D eigenvalue weighted by atomic mass is 16.5. The second-order valence-corrected chi connectivity index (χ2v) is 4.33. The number of hydrogen-bond acceptors (Lipinski definition) is 2. The third-order valence-corrected chi connectivity index (χ3v) is 2.88. The van der Waals surface area contributed by atoms with Gasteiger partial charge < -0.3 is 4.74 Å². The van der Waals surface area contributed by atoms with Crippen molar-refractivity contribution in [3.8, 4) is 0 Å². The lowest BCUT2D eigenvalue weighted by Crippen LogP contribution is -2.33. The predicted molar refractivity (Wildman–Crippen MR) is 62.7 cm³/mol. The van der Waals surface area contributed by atoms with Crippen LogP contribution in [0.5, 0.6) is 0 Å². The van der Waals surface area contributed by atoms with Gasteiger partial charge in [-0.15, -0.1) is 0 Å². The second-order valence-electron chi connectivity index (χ2n) is 4.33. The minimum Gasteiger partial charge on any atom is -0.369 e. The van der Waals surface area contributed by atoms with Crippen molar-refractivity contribution in [1.82, 2.24) is 4.98 Å². The van der Waals surface area contributed by atoms with Gasteiger partial charge in [-0.3, -0.25) is 4.98 Å². The summed E-state index contributed by atoms with van der Waals surface area (Å²) in [5.41, 5.74) is 0.755. The van der Waals surface area contributed by atoms with Crippen molar-refractivity contribution < 1.29 is 4.74 Å². The maximum atomic E-state index is 5.96. The second kappa shape index (κ2) is 5.26. The quantitative estimate of drug-likeness (QED) is 0.738. The van der Waals surface area contributed by atoms with E-state index in [4.69, 9.17) is 4.74 Å². The topological polar surface area (TPSA) is 22.1 Å². The molecule has 0 fully saturated rings. The zero-order chi connectivity index (χ0) is 11.3. The van der Waals surface area contributed by atoms with E-state index in [1.807, 2.05) is 24.4 Å². The predicted octanol–water partition coefficient (Wildman–Crippen LogP) is 3.38. The molecule has 0 saturated carbocycles. The van der Waals surface area contributed by atoms with Gasteiger partial charge in [-0.2, -0.15) is 0 Å². The summed E-state index contributed by atoms with van der Waals surface area (Å²) in [5, 5.41) is 0. The fraction of sp³-hybridized carbons (Fsp3) is 0.615. The monoisotopic (exact) mass is 207 g/mol. The Hall–Kier alpha value is -0.890. The van der Waals surface area contributed by atoms with Crippen LogP contribution >= 0.6 is 0 Å². The first-order valence-corrected chi connectivity index (χ1v) is 5.66. The third-order valence-electron chi connectivity index (χ3n) is 2.88. The Labute approximate surface area is 92.7 Å². The van der Waals surface area contributed by atoms with Gasteiger partial charge in [-0.25, -0.2) is 0 Å². The molecule has 0 aliphatic carbocycles. The minimum absolute atomic E-state index is 0.267. The van der Waals surface area contributed by atoms with Crippen molar-refractivity contribution in [3.05, 3.63) is 30.1 Å². The Morgan fingerprint density at radius 3 is 2.60 bits per heavy atom. The molecule has 2 heteroatoms. The fourth-order valence-electron chi connectivity index (χ4n) is 1.51. The van der Waals surface area contributed by atoms with E-state index >= 15 is 0 Å². The molecule has 0 saturated heterocycles. The van der Waals surface area contributed by atoms with Gasteiger partial charge in [-0.05, 0) is 31.4 Å². The summed E-state index contributed by atoms with van der Waals surface area (Å²) in [6.45, 7) is 9.37. The molecule has 1 unspecified atom stereocenters. The van der Waals surface area contributed by atoms with Crippen LogP contribution < -0.4 is 0 Å². The van der Waals surface area contributed by atoms with Crippen LogP contribution in [0.4, 0.5) is 0 Å². The Bertz CT molecular complexity index is 284. The van der Waals surface area contributed by atoms with Crippen LogP contribution in [0.15, 0.2) is 24.4 Å². The van der Waals surface area contributed by atoms with Crippen LogP contribution in [0.1, 0.15) is 39.8 Å². The molecular formula is C13H21NO. The molecule has 15 heavy (non-hydrogen) atoms. The first-order valence-electron chi connectivity index (χ1n) is 5.66. The van der Waals surface area contributed by atoms with Crippen molar-refractivity contribution >= 4 is 0 Å². The van der Waals surface area contributed by atoms with Gasteiger partial charge in [0.1, 0.15) is 5.60 Å². The van der Waals surface area contributed by atoms with E-state index in [0.29, 0.717) is 5.92 Å². The molecule has 0 radical (unpaired) electrons. The zero-order valence-electron chi connectivity index (χ0n) is 10.2. The number of nitrogens with zero attached hydrogens (tertiary/aromatic N) is 1. The van der Waals surface area contributed by atoms with Crippen molar-refractivity contribution in [3.63, 3.8) is 0 Å². The Morgan fingerprint density at radius 2 is 2.13 bits per heavy atom. The van der Waals surface area contributed by atoms with Gasteiger partial charge in [0.2, 0.25) is 0 Å². The first-order chi connectivity index (χ1) is 7.11. The normalized spacial score (nSPS) is 15.3. The lowest BCUT2D eigenvalue weighted by atomic mass is 9.88. The molecule has 1 aromatic heterocycles. The maximum absolute atomic E-state index is 5.96. The molecule has 0 aromatic carbocycles. The number of ether oxygens (including phenoxy) is 1. The third kappa shape index (κ3) is 2.78. The molecule has 1 heterocycles. The summed E-state index contributed by atoms with van der Waals surface area (Å²) in [6, 6.07) is 5.98. The molecule has 0 bridgehead atoms. The standard InChI is InChI=1S/C13H21NO/c1-5-10-15-13(4,11(2)3)12-8-6-7-9-14-12/h6-9,11H,5,10H2,1-4H3. The first kappa shape index (κ1) is 12.2. The summed E-state index contributed by atoms with van der Waals surface area (Å²) >= 11 is 0. The van der Waals surface area contributed by atoms with Gasteiger partial charge in [0, 0.05) is 12.8 Å². The Balaban J connectivity index is 2.91. The molecule has 0 spiro atoms. The number of aromatic nitrogens is 1. The summed E-state index contributed by atoms with van der Waals surface area (Å²) in [5.74, 6) is 0.416. The fourth-order valence-corrected chi connectivity index (χ4v) is 1.51. The zero-order valence-corrected chi connectivity index (χ0v) is 10.2. The number of hydrogen-bond donors (Lipinski definition) is 0. The summed E-state index contributed by atoms with van der Waals surface area (Å²) in [4.78, 5) is 4.40. The molecule has 1 rings (SSSR count). The van der Waals surface area contributed by atoms with Crippen LogP contribution in [0.2, 0.25) is 0 Å². The van der Waals surface area contributed by atoms with Crippen molar-refractivity contribution in [2.75, 3.05) is 6.61 Å². The van der Waals surface area contributed by atoms with Gasteiger partial charge in [0.05, 0.1) is 5.69 Å².